The van der Waals surface area contributed by atoms with E-state index < -0.39 is 20.8 Å². The molecule has 0 aromatic rings. The van der Waals surface area contributed by atoms with Crippen molar-refractivity contribution in [1.82, 2.24) is 0 Å². The van der Waals surface area contributed by atoms with E-state index in [2.05, 4.69) is 3.63 Å². The molecule has 0 heterocycles. The van der Waals surface area contributed by atoms with Crippen LogP contribution < -0.4 is 51.4 Å². The van der Waals surface area contributed by atoms with Crippen LogP contribution in [0.15, 0.2) is 0 Å². The van der Waals surface area contributed by atoms with E-state index in [9.17, 15) is 25.9 Å². The summed E-state index contributed by atoms with van der Waals surface area (Å²) in [5.74, 6) is 0. The molecule has 0 rings (SSSR count). The fourth-order valence-electron chi connectivity index (χ4n) is 0.102. The Morgan fingerprint density at radius 2 is 1.08 bits per heavy atom. The van der Waals surface area contributed by atoms with Gasteiger partial charge in [0.1, 0.15) is 0 Å². The molecule has 0 saturated carbocycles. The molecule has 0 aromatic heterocycles. The van der Waals surface area contributed by atoms with Crippen molar-refractivity contribution in [1.29, 1.82) is 0 Å². The minimum atomic E-state index is -5.43. The van der Waals surface area contributed by atoms with Gasteiger partial charge in [0.05, 0.1) is 0 Å². The Balaban J connectivity index is -0.000000107. The normalized spacial score (nSPS) is 10.2. The summed E-state index contributed by atoms with van der Waals surface area (Å²) in [6, 6.07) is 0. The van der Waals surface area contributed by atoms with Gasteiger partial charge in [-0.1, -0.05) is 0 Å². The Morgan fingerprint density at radius 1 is 0.917 bits per heavy atom. The molecule has 0 aromatic carbocycles. The van der Waals surface area contributed by atoms with E-state index in [-0.39, 0.29) is 75.4 Å². The van der Waals surface area contributed by atoms with Crippen LogP contribution in [0.5, 0.6) is 0 Å². The molecular weight excluding hydrogens is 282 g/mol. The molecule has 8 nitrogen and oxygen atoms in total. The Kier molecular flexibility index (Phi) is 16.3. The summed E-state index contributed by atoms with van der Waals surface area (Å²) in [7, 11) is -10.9. The molecule has 12 heteroatoms. The predicted molar refractivity (Wildman–Crippen MR) is 21.2 cm³/mol. The number of rotatable bonds is 2. The van der Waals surface area contributed by atoms with Crippen LogP contribution in [-0.2, 0) is 48.5 Å². The summed E-state index contributed by atoms with van der Waals surface area (Å²) in [6.07, 6.45) is 0. The van der Waals surface area contributed by atoms with Gasteiger partial charge < -0.3 is 14.6 Å². The zero-order valence-corrected chi connectivity index (χ0v) is 11.7. The molecule has 1 radical (unpaired) electrons. The van der Waals surface area contributed by atoms with Crippen molar-refractivity contribution in [2.75, 3.05) is 0 Å². The molecule has 0 aliphatic rings. The second kappa shape index (κ2) is 8.28. The first-order valence-electron chi connectivity index (χ1n) is 1.33. The number of hydrogen-bond donors (Lipinski definition) is 0. The molecule has 12 heavy (non-hydrogen) atoms. The summed E-state index contributed by atoms with van der Waals surface area (Å²) < 4.78 is 58.2. The zero-order chi connectivity index (χ0) is 7.71. The van der Waals surface area contributed by atoms with E-state index >= 15 is 0 Å². The minimum absolute atomic E-state index is 0. The molecule has 0 unspecified atom stereocenters. The average molecular weight is 282 g/mol. The Hall–Kier alpha value is 1.96. The first-order valence-corrected chi connectivity index (χ1v) is 4.00. The summed E-state index contributed by atoms with van der Waals surface area (Å²) in [4.78, 5) is 0. The van der Waals surface area contributed by atoms with E-state index in [0.29, 0.717) is 0 Å². The van der Waals surface area contributed by atoms with Crippen LogP contribution in [0.25, 0.3) is 0 Å². The van der Waals surface area contributed by atoms with Gasteiger partial charge in [-0.3, -0.25) is 0 Å². The van der Waals surface area contributed by atoms with E-state index in [1.807, 2.05) is 0 Å². The first-order chi connectivity index (χ1) is 3.71. The second-order valence-electron chi connectivity index (χ2n) is 0.885. The molecule has 0 atom stereocenters. The van der Waals surface area contributed by atoms with Gasteiger partial charge in [-0.2, -0.15) is 3.63 Å². The van der Waals surface area contributed by atoms with E-state index in [1.165, 1.54) is 0 Å². The quantitative estimate of drug-likeness (QED) is 0.278. The SMILES string of the molecule is O=S(=O)([O-])OS(=O)(=O)[O-].[K+].[O-2].[V]. The van der Waals surface area contributed by atoms with Crippen LogP contribution in [0.2, 0.25) is 0 Å². The Bertz CT molecular complexity index is 242. The molecular formula is KO8S2V-3. The van der Waals surface area contributed by atoms with Crippen LogP contribution in [0, 0.1) is 0 Å². The van der Waals surface area contributed by atoms with Gasteiger partial charge in [0.25, 0.3) is 0 Å². The Morgan fingerprint density at radius 3 is 1.08 bits per heavy atom. The van der Waals surface area contributed by atoms with Crippen molar-refractivity contribution in [2.24, 2.45) is 0 Å². The van der Waals surface area contributed by atoms with Gasteiger partial charge in [-0.05, 0) is 0 Å². The van der Waals surface area contributed by atoms with Gasteiger partial charge in [-0.25, -0.2) is 16.8 Å². The van der Waals surface area contributed by atoms with E-state index in [1.54, 1.807) is 0 Å². The molecule has 0 spiro atoms. The first kappa shape index (κ1) is 23.6. The smallest absolute Gasteiger partial charge is 1.00 e. The van der Waals surface area contributed by atoms with Crippen molar-refractivity contribution in [3.05, 3.63) is 0 Å². The molecule has 69 valence electrons. The molecule has 0 fully saturated rings. The molecule has 0 aliphatic heterocycles. The summed E-state index contributed by atoms with van der Waals surface area (Å²) in [5, 5.41) is 0. The van der Waals surface area contributed by atoms with Crippen molar-refractivity contribution >= 4 is 20.8 Å². The van der Waals surface area contributed by atoms with Crippen LogP contribution in [0.1, 0.15) is 0 Å². The van der Waals surface area contributed by atoms with Crippen LogP contribution >= 0.6 is 0 Å². The third-order valence-corrected chi connectivity index (χ3v) is 1.50. The minimum Gasteiger partial charge on any atom is -2.00 e. The summed E-state index contributed by atoms with van der Waals surface area (Å²) in [5.41, 5.74) is 0. The fourth-order valence-corrected chi connectivity index (χ4v) is 0.919. The third kappa shape index (κ3) is 22.7. The van der Waals surface area contributed by atoms with Crippen LogP contribution in [0.4, 0.5) is 0 Å². The standard InChI is InChI=1S/K.H2O7S2.O.V/c;1-8(2,3)7-9(4,5)6;;/h;(H,1,2,3)(H,4,5,6);;/q+1;;-2;/p-2. The zero-order valence-electron chi connectivity index (χ0n) is 5.53. The van der Waals surface area contributed by atoms with Gasteiger partial charge in [0.2, 0.25) is 20.8 Å². The molecule has 0 N–H and O–H groups in total. The number of hydrogen-bond acceptors (Lipinski definition) is 7. The summed E-state index contributed by atoms with van der Waals surface area (Å²) >= 11 is 0. The van der Waals surface area contributed by atoms with Gasteiger partial charge >= 0.3 is 51.4 Å². The van der Waals surface area contributed by atoms with Crippen molar-refractivity contribution in [2.45, 2.75) is 0 Å². The van der Waals surface area contributed by atoms with E-state index in [4.69, 9.17) is 0 Å². The molecule has 0 saturated heterocycles. The predicted octanol–water partition coefficient (Wildman–Crippen LogP) is -5.19. The molecule has 0 aliphatic carbocycles. The fraction of sp³-hybridized carbons (Fsp3) is 0. The molecule has 0 amide bonds. The van der Waals surface area contributed by atoms with E-state index in [0.717, 1.165) is 0 Å². The summed E-state index contributed by atoms with van der Waals surface area (Å²) in [6.45, 7) is 0. The average Bonchev–Trinajstić information content (AvgIpc) is 1.14. The van der Waals surface area contributed by atoms with Crippen LogP contribution in [-0.4, -0.2) is 25.9 Å². The van der Waals surface area contributed by atoms with Gasteiger partial charge in [-0.15, -0.1) is 0 Å². The third-order valence-electron chi connectivity index (χ3n) is 0.167. The maximum atomic E-state index is 9.29. The maximum Gasteiger partial charge on any atom is 1.00 e. The maximum absolute atomic E-state index is 9.29. The second-order valence-corrected chi connectivity index (χ2v) is 3.06. The Labute approximate surface area is 124 Å². The van der Waals surface area contributed by atoms with Gasteiger partial charge in [0.15, 0.2) is 0 Å². The van der Waals surface area contributed by atoms with Gasteiger partial charge in [0, 0.05) is 18.6 Å². The monoisotopic (exact) mass is 282 g/mol. The van der Waals surface area contributed by atoms with Crippen molar-refractivity contribution in [3.63, 3.8) is 0 Å². The largest absolute Gasteiger partial charge is 2.00 e. The topological polar surface area (TPSA) is 152 Å². The van der Waals surface area contributed by atoms with Crippen LogP contribution in [0.3, 0.4) is 0 Å². The van der Waals surface area contributed by atoms with Crippen molar-refractivity contribution < 1.29 is 105 Å². The molecule has 0 bridgehead atoms. The van der Waals surface area contributed by atoms with Crippen molar-refractivity contribution in [3.8, 4) is 0 Å².